The highest BCUT2D eigenvalue weighted by Crippen LogP contribution is 2.24. The molecule has 4 rings (SSSR count). The number of ether oxygens (including phenoxy) is 1. The van der Waals surface area contributed by atoms with Gasteiger partial charge in [0.15, 0.2) is 0 Å². The Morgan fingerprint density at radius 3 is 2.55 bits per heavy atom. The average molecular weight is 396 g/mol. The minimum atomic E-state index is -0.146. The molecule has 1 aromatic heterocycles. The summed E-state index contributed by atoms with van der Waals surface area (Å²) in [5.74, 6) is 0.535. The third-order valence-electron chi connectivity index (χ3n) is 5.89. The summed E-state index contributed by atoms with van der Waals surface area (Å²) in [4.78, 5) is 25.8. The van der Waals surface area contributed by atoms with Gasteiger partial charge in [0.2, 0.25) is 5.95 Å². The zero-order valence-corrected chi connectivity index (χ0v) is 17.2. The molecule has 1 amide bonds. The number of amides is 1. The lowest BCUT2D eigenvalue weighted by molar-refractivity contribution is 0.0857. The normalized spacial score (nSPS) is 19.4. The molecule has 0 bridgehead atoms. The third kappa shape index (κ3) is 4.50. The summed E-state index contributed by atoms with van der Waals surface area (Å²) < 4.78 is 5.54. The molecule has 7 nitrogen and oxygen atoms in total. The highest BCUT2D eigenvalue weighted by Gasteiger charge is 2.21. The van der Waals surface area contributed by atoms with Crippen molar-refractivity contribution in [2.24, 2.45) is 0 Å². The zero-order valence-electron chi connectivity index (χ0n) is 17.2. The number of carbonyl (C=O) groups excluding carboxylic acids is 1. The summed E-state index contributed by atoms with van der Waals surface area (Å²) in [7, 11) is 0. The average Bonchev–Trinajstić information content (AvgIpc) is 3.28. The van der Waals surface area contributed by atoms with E-state index in [0.29, 0.717) is 18.1 Å². The molecule has 154 valence electrons. The van der Waals surface area contributed by atoms with Crippen LogP contribution in [0.1, 0.15) is 34.3 Å². The first-order valence-corrected chi connectivity index (χ1v) is 10.4. The highest BCUT2D eigenvalue weighted by molar-refractivity contribution is 5.93. The van der Waals surface area contributed by atoms with Crippen molar-refractivity contribution in [3.63, 3.8) is 0 Å². The van der Waals surface area contributed by atoms with E-state index in [4.69, 9.17) is 4.74 Å². The fourth-order valence-corrected chi connectivity index (χ4v) is 3.94. The Balaban J connectivity index is 1.32. The Kier molecular flexibility index (Phi) is 5.94. The molecule has 2 aliphatic rings. The van der Waals surface area contributed by atoms with Crippen molar-refractivity contribution in [2.75, 3.05) is 49.1 Å². The number of anilines is 2. The van der Waals surface area contributed by atoms with Crippen molar-refractivity contribution < 1.29 is 9.53 Å². The second-order valence-electron chi connectivity index (χ2n) is 7.81. The van der Waals surface area contributed by atoms with Crippen molar-refractivity contribution in [3.05, 3.63) is 47.3 Å². The summed E-state index contributed by atoms with van der Waals surface area (Å²) in [6, 6.07) is 6.47. The lowest BCUT2D eigenvalue weighted by Gasteiger charge is -2.37. The molecule has 2 aromatic rings. The zero-order chi connectivity index (χ0) is 20.2. The molecular weight excluding hydrogens is 366 g/mol. The number of rotatable bonds is 5. The van der Waals surface area contributed by atoms with E-state index in [0.717, 1.165) is 45.6 Å². The largest absolute Gasteiger partial charge is 0.376 e. The monoisotopic (exact) mass is 395 g/mol. The van der Waals surface area contributed by atoms with Crippen molar-refractivity contribution in [3.8, 4) is 0 Å². The molecule has 0 radical (unpaired) electrons. The van der Waals surface area contributed by atoms with Crippen LogP contribution in [0, 0.1) is 13.8 Å². The molecule has 2 fully saturated rings. The van der Waals surface area contributed by atoms with E-state index in [9.17, 15) is 4.79 Å². The molecule has 2 aliphatic heterocycles. The molecule has 2 saturated heterocycles. The number of aryl methyl sites for hydroxylation is 1. The predicted molar refractivity (Wildman–Crippen MR) is 114 cm³/mol. The smallest absolute Gasteiger partial charge is 0.254 e. The summed E-state index contributed by atoms with van der Waals surface area (Å²) in [6.45, 7) is 9.24. The van der Waals surface area contributed by atoms with Gasteiger partial charge in [0.1, 0.15) is 0 Å². The summed E-state index contributed by atoms with van der Waals surface area (Å²) in [5, 5.41) is 2.91. The first kappa shape index (κ1) is 19.6. The molecule has 1 N–H and O–H groups in total. The van der Waals surface area contributed by atoms with Gasteiger partial charge in [-0.05, 0) is 43.9 Å². The van der Waals surface area contributed by atoms with E-state index < -0.39 is 0 Å². The lowest BCUT2D eigenvalue weighted by Crippen LogP contribution is -2.47. The van der Waals surface area contributed by atoms with Crippen molar-refractivity contribution >= 4 is 17.5 Å². The Bertz CT molecular complexity index is 841. The Labute approximate surface area is 172 Å². The summed E-state index contributed by atoms with van der Waals surface area (Å²) in [5.41, 5.74) is 4.46. The van der Waals surface area contributed by atoms with Gasteiger partial charge in [-0.1, -0.05) is 12.1 Å². The van der Waals surface area contributed by atoms with Crippen LogP contribution in [0.15, 0.2) is 30.6 Å². The topological polar surface area (TPSA) is 70.6 Å². The van der Waals surface area contributed by atoms with Gasteiger partial charge in [0, 0.05) is 57.4 Å². The summed E-state index contributed by atoms with van der Waals surface area (Å²) in [6.07, 6.45) is 5.43. The van der Waals surface area contributed by atoms with Crippen molar-refractivity contribution in [1.29, 1.82) is 0 Å². The first-order valence-electron chi connectivity index (χ1n) is 10.4. The fraction of sp³-hybridized carbons (Fsp3) is 0.500. The maximum atomic E-state index is 12.3. The molecule has 7 heteroatoms. The maximum absolute atomic E-state index is 12.3. The number of hydrogen-bond acceptors (Lipinski definition) is 6. The highest BCUT2D eigenvalue weighted by atomic mass is 16.5. The minimum absolute atomic E-state index is 0.132. The number of nitrogens with zero attached hydrogens (tertiary/aromatic N) is 4. The number of aromatic nitrogens is 2. The number of benzene rings is 1. The minimum Gasteiger partial charge on any atom is -0.376 e. The van der Waals surface area contributed by atoms with Gasteiger partial charge in [0.25, 0.3) is 5.91 Å². The van der Waals surface area contributed by atoms with Crippen molar-refractivity contribution in [2.45, 2.75) is 32.8 Å². The van der Waals surface area contributed by atoms with Crippen LogP contribution in [-0.4, -0.2) is 61.3 Å². The Hall–Kier alpha value is -2.67. The van der Waals surface area contributed by atoms with Crippen LogP contribution in [-0.2, 0) is 4.74 Å². The number of hydrogen-bond donors (Lipinski definition) is 1. The number of nitrogens with one attached hydrogen (secondary N) is 1. The Morgan fingerprint density at radius 1 is 1.14 bits per heavy atom. The second-order valence-corrected chi connectivity index (χ2v) is 7.81. The lowest BCUT2D eigenvalue weighted by atomic mass is 10.1. The molecule has 0 aliphatic carbocycles. The van der Waals surface area contributed by atoms with Crippen LogP contribution in [0.3, 0.4) is 0 Å². The third-order valence-corrected chi connectivity index (χ3v) is 5.89. The van der Waals surface area contributed by atoms with Gasteiger partial charge in [-0.15, -0.1) is 0 Å². The summed E-state index contributed by atoms with van der Waals surface area (Å²) >= 11 is 0. The second kappa shape index (κ2) is 8.78. The standard InChI is InChI=1S/C22H29N5O2/c1-16-5-3-7-20(17(16)2)26-8-10-27(11-9-26)22-24-13-18(14-25-22)21(28)23-15-19-6-4-12-29-19/h3,5,7,13-14,19H,4,6,8-12,15H2,1-2H3,(H,23,28). The van der Waals surface area contributed by atoms with E-state index in [-0.39, 0.29) is 12.0 Å². The van der Waals surface area contributed by atoms with E-state index in [1.165, 1.54) is 16.8 Å². The van der Waals surface area contributed by atoms with Gasteiger partial charge >= 0.3 is 0 Å². The molecule has 1 atom stereocenters. The Morgan fingerprint density at radius 2 is 1.86 bits per heavy atom. The van der Waals surface area contributed by atoms with E-state index in [2.05, 4.69) is 57.1 Å². The number of piperazine rings is 1. The molecule has 1 aromatic carbocycles. The van der Waals surface area contributed by atoms with E-state index in [1.54, 1.807) is 12.4 Å². The fourth-order valence-electron chi connectivity index (χ4n) is 3.94. The van der Waals surface area contributed by atoms with E-state index >= 15 is 0 Å². The van der Waals surface area contributed by atoms with Crippen LogP contribution in [0.25, 0.3) is 0 Å². The predicted octanol–water partition coefficient (Wildman–Crippen LogP) is 2.33. The van der Waals surface area contributed by atoms with Gasteiger partial charge < -0.3 is 19.9 Å². The van der Waals surface area contributed by atoms with Crippen LogP contribution in [0.5, 0.6) is 0 Å². The van der Waals surface area contributed by atoms with Crippen molar-refractivity contribution in [1.82, 2.24) is 15.3 Å². The van der Waals surface area contributed by atoms with Gasteiger partial charge in [-0.25, -0.2) is 9.97 Å². The molecule has 29 heavy (non-hydrogen) atoms. The molecular formula is C22H29N5O2. The van der Waals surface area contributed by atoms with Crippen LogP contribution in [0.4, 0.5) is 11.6 Å². The number of carbonyl (C=O) groups is 1. The van der Waals surface area contributed by atoms with E-state index in [1.807, 2.05) is 0 Å². The van der Waals surface area contributed by atoms with Gasteiger partial charge in [-0.2, -0.15) is 0 Å². The molecule has 3 heterocycles. The molecule has 1 unspecified atom stereocenters. The molecule has 0 saturated carbocycles. The maximum Gasteiger partial charge on any atom is 0.254 e. The van der Waals surface area contributed by atoms with Gasteiger partial charge in [-0.3, -0.25) is 4.79 Å². The quantitative estimate of drug-likeness (QED) is 0.838. The van der Waals surface area contributed by atoms with Crippen LogP contribution >= 0.6 is 0 Å². The van der Waals surface area contributed by atoms with Crippen LogP contribution < -0.4 is 15.1 Å². The van der Waals surface area contributed by atoms with Gasteiger partial charge in [0.05, 0.1) is 11.7 Å². The SMILES string of the molecule is Cc1cccc(N2CCN(c3ncc(C(=O)NCC4CCCO4)cn3)CC2)c1C. The van der Waals surface area contributed by atoms with Crippen LogP contribution in [0.2, 0.25) is 0 Å². The first-order chi connectivity index (χ1) is 14.1. The molecule has 0 spiro atoms.